The third kappa shape index (κ3) is 5.17. The number of carbonyl (C=O) groups is 5. The molecule has 8 atom stereocenters. The van der Waals surface area contributed by atoms with Crippen molar-refractivity contribution < 1.29 is 47.7 Å². The second-order valence-corrected chi connectivity index (χ2v) is 13.2. The fourth-order valence-corrected chi connectivity index (χ4v) is 8.25. The van der Waals surface area contributed by atoms with E-state index in [0.717, 1.165) is 0 Å². The summed E-state index contributed by atoms with van der Waals surface area (Å²) < 4.78 is 30.6. The van der Waals surface area contributed by atoms with E-state index >= 15 is 0 Å². The molecule has 1 aromatic carbocycles. The van der Waals surface area contributed by atoms with Gasteiger partial charge in [-0.25, -0.2) is 4.79 Å². The SMILES string of the molecule is CC(=O)O[C@@H]1[C@@H]2CC(=O)C(C)=C([C@@H](OC(C)=O)[C@H](OC(C)=O)[C@]3(C)CC[C@H](OC(=O)c4ccccc4)[C@]4(CO4)[C@@H]13)C2(C)C. The number of ketones is 1. The maximum atomic E-state index is 13.6. The zero-order valence-electron chi connectivity index (χ0n) is 25.8. The van der Waals surface area contributed by atoms with Gasteiger partial charge >= 0.3 is 23.9 Å². The van der Waals surface area contributed by atoms with Crippen LogP contribution in [-0.4, -0.2) is 66.3 Å². The summed E-state index contributed by atoms with van der Waals surface area (Å²) in [6.07, 6.45) is -2.91. The van der Waals surface area contributed by atoms with E-state index in [1.54, 1.807) is 37.3 Å². The Morgan fingerprint density at radius 3 is 2.05 bits per heavy atom. The fraction of sp³-hybridized carbons (Fsp3) is 0.606. The van der Waals surface area contributed by atoms with Crippen molar-refractivity contribution in [2.24, 2.45) is 22.7 Å². The van der Waals surface area contributed by atoms with Crippen LogP contribution in [0.3, 0.4) is 0 Å². The van der Waals surface area contributed by atoms with Crippen LogP contribution in [0.4, 0.5) is 0 Å². The van der Waals surface area contributed by atoms with Gasteiger partial charge in [0.25, 0.3) is 0 Å². The first-order chi connectivity index (χ1) is 20.1. The highest BCUT2D eigenvalue weighted by Crippen LogP contribution is 2.65. The number of hydrogen-bond acceptors (Lipinski definition) is 10. The van der Waals surface area contributed by atoms with Crippen LogP contribution in [0.1, 0.15) is 78.1 Å². The van der Waals surface area contributed by atoms with Crippen molar-refractivity contribution in [3.8, 4) is 0 Å². The maximum Gasteiger partial charge on any atom is 0.338 e. The zero-order valence-corrected chi connectivity index (χ0v) is 25.8. The third-order valence-electron chi connectivity index (χ3n) is 10.1. The van der Waals surface area contributed by atoms with Crippen molar-refractivity contribution in [2.45, 2.75) is 97.7 Å². The lowest BCUT2D eigenvalue weighted by molar-refractivity contribution is -0.223. The first-order valence-corrected chi connectivity index (χ1v) is 14.8. The predicted octanol–water partition coefficient (Wildman–Crippen LogP) is 4.14. The summed E-state index contributed by atoms with van der Waals surface area (Å²) in [5.74, 6) is -3.63. The smallest absolute Gasteiger partial charge is 0.338 e. The number of ether oxygens (including phenoxy) is 5. The topological polar surface area (TPSA) is 135 Å². The van der Waals surface area contributed by atoms with Gasteiger partial charge < -0.3 is 23.7 Å². The molecule has 5 rings (SSSR count). The molecule has 10 nitrogen and oxygen atoms in total. The lowest BCUT2D eigenvalue weighted by atomic mass is 9.48. The third-order valence-corrected chi connectivity index (χ3v) is 10.1. The van der Waals surface area contributed by atoms with Crippen LogP contribution < -0.4 is 0 Å². The number of rotatable bonds is 5. The van der Waals surface area contributed by atoms with E-state index in [1.165, 1.54) is 20.8 Å². The molecule has 3 fully saturated rings. The second-order valence-electron chi connectivity index (χ2n) is 13.2. The van der Waals surface area contributed by atoms with E-state index in [2.05, 4.69) is 0 Å². The Balaban J connectivity index is 1.72. The van der Waals surface area contributed by atoms with E-state index < -0.39 is 76.6 Å². The fourth-order valence-electron chi connectivity index (χ4n) is 8.25. The molecule has 1 saturated heterocycles. The van der Waals surface area contributed by atoms with Crippen LogP contribution in [0.5, 0.6) is 0 Å². The zero-order chi connectivity index (χ0) is 31.5. The van der Waals surface area contributed by atoms with E-state index in [0.29, 0.717) is 29.6 Å². The number of epoxide rings is 1. The summed E-state index contributed by atoms with van der Waals surface area (Å²) in [5.41, 5.74) is -1.53. The average Bonchev–Trinajstić information content (AvgIpc) is 3.70. The highest BCUT2D eigenvalue weighted by Gasteiger charge is 2.74. The highest BCUT2D eigenvalue weighted by molar-refractivity contribution is 5.97. The molecule has 43 heavy (non-hydrogen) atoms. The van der Waals surface area contributed by atoms with E-state index in [-0.39, 0.29) is 18.8 Å². The van der Waals surface area contributed by atoms with E-state index in [1.807, 2.05) is 20.8 Å². The van der Waals surface area contributed by atoms with E-state index in [9.17, 15) is 24.0 Å². The summed E-state index contributed by atoms with van der Waals surface area (Å²) in [6, 6.07) is 8.63. The Bertz CT molecular complexity index is 1370. The minimum absolute atomic E-state index is 0.0857. The number of esters is 4. The van der Waals surface area contributed by atoms with Gasteiger partial charge in [-0.15, -0.1) is 0 Å². The van der Waals surface area contributed by atoms with Crippen molar-refractivity contribution in [3.05, 3.63) is 47.0 Å². The van der Waals surface area contributed by atoms with Crippen LogP contribution in [0, 0.1) is 22.7 Å². The van der Waals surface area contributed by atoms with Crippen LogP contribution in [0.25, 0.3) is 0 Å². The quantitative estimate of drug-likeness (QED) is 0.277. The van der Waals surface area contributed by atoms with Crippen molar-refractivity contribution in [1.29, 1.82) is 0 Å². The molecule has 1 spiro atoms. The minimum Gasteiger partial charge on any atom is -0.462 e. The summed E-state index contributed by atoms with van der Waals surface area (Å²) in [7, 11) is 0. The van der Waals surface area contributed by atoms with Gasteiger partial charge in [-0.2, -0.15) is 0 Å². The molecule has 2 bridgehead atoms. The van der Waals surface area contributed by atoms with Gasteiger partial charge in [0.05, 0.1) is 12.2 Å². The first-order valence-electron chi connectivity index (χ1n) is 14.8. The molecule has 0 aromatic heterocycles. The van der Waals surface area contributed by atoms with Crippen LogP contribution in [-0.2, 0) is 42.9 Å². The van der Waals surface area contributed by atoms with Gasteiger partial charge in [-0.05, 0) is 48.5 Å². The normalized spacial score (nSPS) is 36.0. The molecule has 0 radical (unpaired) electrons. The second kappa shape index (κ2) is 10.9. The molecule has 3 aliphatic carbocycles. The number of hydrogen-bond donors (Lipinski definition) is 0. The summed E-state index contributed by atoms with van der Waals surface area (Å²) in [4.78, 5) is 64.9. The number of fused-ring (bicyclic) bond motifs is 4. The molecule has 0 N–H and O–H groups in total. The Labute approximate surface area is 251 Å². The van der Waals surface area contributed by atoms with E-state index in [4.69, 9.17) is 23.7 Å². The molecule has 4 aliphatic rings. The number of benzene rings is 1. The maximum absolute atomic E-state index is 13.6. The highest BCUT2D eigenvalue weighted by atomic mass is 16.6. The average molecular weight is 597 g/mol. The van der Waals surface area contributed by atoms with Crippen molar-refractivity contribution in [2.75, 3.05) is 6.61 Å². The molecule has 1 aliphatic heterocycles. The Morgan fingerprint density at radius 2 is 1.49 bits per heavy atom. The largest absolute Gasteiger partial charge is 0.462 e. The Hall–Kier alpha value is -3.53. The molecule has 0 unspecified atom stereocenters. The standard InChI is InChI=1S/C33H40O10/c1-17-23(37)15-22-26(40-18(2)34)28-32(7,29(42-20(4)36)27(41-19(3)35)25(17)31(22,5)6)14-13-24(33(28)16-39-33)43-30(38)21-11-9-8-10-12-21/h8-12,22,24,26-29H,13-16H2,1-7H3/t22-,24-,26+,27+,28-,29-,32+,33+/m0/s1. The number of carbonyl (C=O) groups excluding carboxylic acids is 5. The first kappa shape index (κ1) is 30.9. The summed E-state index contributed by atoms with van der Waals surface area (Å²) >= 11 is 0. The molecule has 10 heteroatoms. The number of allylic oxidation sites excluding steroid dienone is 1. The molecule has 2 saturated carbocycles. The van der Waals surface area contributed by atoms with Crippen molar-refractivity contribution in [1.82, 2.24) is 0 Å². The predicted molar refractivity (Wildman–Crippen MR) is 151 cm³/mol. The molecule has 232 valence electrons. The van der Waals surface area contributed by atoms with Crippen LogP contribution >= 0.6 is 0 Å². The molecule has 0 amide bonds. The van der Waals surface area contributed by atoms with Gasteiger partial charge in [0.2, 0.25) is 0 Å². The van der Waals surface area contributed by atoms with Gasteiger partial charge in [0, 0.05) is 44.4 Å². The lowest BCUT2D eigenvalue weighted by Crippen LogP contribution is -2.68. The molecular weight excluding hydrogens is 556 g/mol. The van der Waals surface area contributed by atoms with Crippen molar-refractivity contribution in [3.63, 3.8) is 0 Å². The Morgan fingerprint density at radius 1 is 0.884 bits per heavy atom. The monoisotopic (exact) mass is 596 g/mol. The van der Waals surface area contributed by atoms with Crippen molar-refractivity contribution >= 4 is 29.7 Å². The van der Waals surface area contributed by atoms with Gasteiger partial charge in [-0.3, -0.25) is 19.2 Å². The van der Waals surface area contributed by atoms with Gasteiger partial charge in [-0.1, -0.05) is 39.0 Å². The molecular formula is C33H40O10. The Kier molecular flexibility index (Phi) is 7.82. The molecule has 1 aromatic rings. The molecule has 1 heterocycles. The number of Topliss-reactive ketones (excluding diaryl/α,β-unsaturated/α-hetero) is 1. The minimum atomic E-state index is -1.09. The summed E-state index contributed by atoms with van der Waals surface area (Å²) in [6.45, 7) is 11.6. The van der Waals surface area contributed by atoms with Gasteiger partial charge in [0.15, 0.2) is 11.9 Å². The van der Waals surface area contributed by atoms with Crippen LogP contribution in [0.15, 0.2) is 41.5 Å². The van der Waals surface area contributed by atoms with Crippen LogP contribution in [0.2, 0.25) is 0 Å². The van der Waals surface area contributed by atoms with Gasteiger partial charge in [0.1, 0.15) is 23.9 Å². The lowest BCUT2D eigenvalue weighted by Gasteiger charge is -2.60. The summed E-state index contributed by atoms with van der Waals surface area (Å²) in [5, 5.41) is 0.